The van der Waals surface area contributed by atoms with Gasteiger partial charge in [0.15, 0.2) is 0 Å². The molecule has 26 heavy (non-hydrogen) atoms. The van der Waals surface area contributed by atoms with E-state index in [9.17, 15) is 9.18 Å². The van der Waals surface area contributed by atoms with E-state index in [0.717, 1.165) is 10.9 Å². The third kappa shape index (κ3) is 3.05. The lowest BCUT2D eigenvalue weighted by Crippen LogP contribution is -2.12. The van der Waals surface area contributed by atoms with Crippen LogP contribution in [0.5, 0.6) is 0 Å². The molecule has 2 N–H and O–H groups in total. The Hall–Kier alpha value is -3.18. The number of rotatable bonds is 3. The van der Waals surface area contributed by atoms with Crippen LogP contribution < -0.4 is 5.32 Å². The first-order chi connectivity index (χ1) is 12.6. The average molecular weight is 366 g/mol. The summed E-state index contributed by atoms with van der Waals surface area (Å²) in [6.07, 6.45) is 3.37. The van der Waals surface area contributed by atoms with Crippen molar-refractivity contribution in [2.45, 2.75) is 0 Å². The lowest BCUT2D eigenvalue weighted by Gasteiger charge is -2.08. The Morgan fingerprint density at radius 2 is 2.00 bits per heavy atom. The van der Waals surface area contributed by atoms with Gasteiger partial charge in [-0.1, -0.05) is 11.6 Å². The lowest BCUT2D eigenvalue weighted by molar-refractivity contribution is 0.102. The van der Waals surface area contributed by atoms with Crippen molar-refractivity contribution < 1.29 is 9.18 Å². The molecule has 0 unspecified atom stereocenters. The Labute approximate surface area is 153 Å². The number of aromatic amines is 1. The van der Waals surface area contributed by atoms with Crippen molar-refractivity contribution in [2.24, 2.45) is 0 Å². The highest BCUT2D eigenvalue weighted by atomic mass is 35.5. The number of nitrogens with zero attached hydrogens (tertiary/aromatic N) is 1. The van der Waals surface area contributed by atoms with Crippen molar-refractivity contribution >= 4 is 34.1 Å². The summed E-state index contributed by atoms with van der Waals surface area (Å²) in [6.45, 7) is 0. The second-order valence-corrected chi connectivity index (χ2v) is 6.17. The molecular formula is C20H13ClFN3O. The number of halogens is 2. The highest BCUT2D eigenvalue weighted by Crippen LogP contribution is 2.28. The largest absolute Gasteiger partial charge is 0.361 e. The van der Waals surface area contributed by atoms with Crippen molar-refractivity contribution in [1.82, 2.24) is 9.97 Å². The van der Waals surface area contributed by atoms with E-state index in [-0.39, 0.29) is 11.1 Å². The maximum absolute atomic E-state index is 14.5. The maximum Gasteiger partial charge on any atom is 0.255 e. The Morgan fingerprint density at radius 1 is 1.12 bits per heavy atom. The van der Waals surface area contributed by atoms with E-state index in [1.54, 1.807) is 30.5 Å². The molecule has 2 heterocycles. The molecule has 0 radical (unpaired) electrons. The van der Waals surface area contributed by atoms with Gasteiger partial charge in [-0.3, -0.25) is 9.78 Å². The highest BCUT2D eigenvalue weighted by Gasteiger charge is 2.14. The number of H-pyrrole nitrogens is 1. The van der Waals surface area contributed by atoms with Gasteiger partial charge in [0.25, 0.3) is 5.91 Å². The fourth-order valence-corrected chi connectivity index (χ4v) is 2.99. The number of amides is 1. The summed E-state index contributed by atoms with van der Waals surface area (Å²) in [7, 11) is 0. The number of carbonyl (C=O) groups is 1. The predicted molar refractivity (Wildman–Crippen MR) is 101 cm³/mol. The number of hydrogen-bond acceptors (Lipinski definition) is 2. The zero-order valence-electron chi connectivity index (χ0n) is 13.5. The van der Waals surface area contributed by atoms with Crippen LogP contribution in [0.4, 0.5) is 10.1 Å². The Balaban J connectivity index is 1.60. The van der Waals surface area contributed by atoms with E-state index in [4.69, 9.17) is 11.6 Å². The van der Waals surface area contributed by atoms with Crippen molar-refractivity contribution in [3.8, 4) is 11.3 Å². The molecule has 0 atom stereocenters. The number of hydrogen-bond donors (Lipinski definition) is 2. The van der Waals surface area contributed by atoms with Crippen LogP contribution in [0.2, 0.25) is 5.02 Å². The summed E-state index contributed by atoms with van der Waals surface area (Å²) in [5.41, 5.74) is 2.43. The van der Waals surface area contributed by atoms with Crippen LogP contribution >= 0.6 is 11.6 Å². The van der Waals surface area contributed by atoms with Gasteiger partial charge in [0.2, 0.25) is 0 Å². The van der Waals surface area contributed by atoms with Crippen molar-refractivity contribution in [2.75, 3.05) is 5.32 Å². The molecule has 1 amide bonds. The smallest absolute Gasteiger partial charge is 0.255 e. The summed E-state index contributed by atoms with van der Waals surface area (Å²) in [4.78, 5) is 19.6. The molecule has 0 aliphatic rings. The van der Waals surface area contributed by atoms with Gasteiger partial charge in [-0.2, -0.15) is 0 Å². The molecule has 0 aliphatic carbocycles. The number of fused-ring (bicyclic) bond motifs is 1. The highest BCUT2D eigenvalue weighted by molar-refractivity contribution is 6.33. The number of anilines is 1. The molecule has 4 nitrogen and oxygen atoms in total. The topological polar surface area (TPSA) is 57.8 Å². The second kappa shape index (κ2) is 6.61. The molecule has 128 valence electrons. The van der Waals surface area contributed by atoms with E-state index >= 15 is 0 Å². The first-order valence-electron chi connectivity index (χ1n) is 7.91. The van der Waals surface area contributed by atoms with E-state index in [1.807, 2.05) is 24.4 Å². The lowest BCUT2D eigenvalue weighted by atomic mass is 10.1. The van der Waals surface area contributed by atoms with E-state index in [2.05, 4.69) is 15.3 Å². The zero-order chi connectivity index (χ0) is 18.1. The van der Waals surface area contributed by atoms with Gasteiger partial charge in [-0.15, -0.1) is 0 Å². The minimum absolute atomic E-state index is 0.215. The van der Waals surface area contributed by atoms with Crippen LogP contribution in [0.15, 0.2) is 67.0 Å². The quantitative estimate of drug-likeness (QED) is 0.519. The zero-order valence-corrected chi connectivity index (χ0v) is 14.2. The molecule has 2 aromatic carbocycles. The standard InChI is InChI=1S/C20H13ClFN3O/c21-16-2-1-8-24-19(16)15-5-3-13(11-17(15)22)20(26)25-14-4-6-18-12(10-14)7-9-23-18/h1-11,23H,(H,25,26). The summed E-state index contributed by atoms with van der Waals surface area (Å²) >= 11 is 6.07. The van der Waals surface area contributed by atoms with Crippen LogP contribution in [0, 0.1) is 5.82 Å². The molecule has 0 spiro atoms. The first-order valence-corrected chi connectivity index (χ1v) is 8.28. The second-order valence-electron chi connectivity index (χ2n) is 5.76. The van der Waals surface area contributed by atoms with E-state index in [1.165, 1.54) is 12.1 Å². The van der Waals surface area contributed by atoms with E-state index < -0.39 is 11.7 Å². The third-order valence-electron chi connectivity index (χ3n) is 4.06. The molecule has 0 bridgehead atoms. The molecular weight excluding hydrogens is 353 g/mol. The fraction of sp³-hybridized carbons (Fsp3) is 0. The van der Waals surface area contributed by atoms with Gasteiger partial charge in [0.1, 0.15) is 5.82 Å². The van der Waals surface area contributed by atoms with Gasteiger partial charge >= 0.3 is 0 Å². The van der Waals surface area contributed by atoms with Gasteiger partial charge in [0, 0.05) is 40.1 Å². The molecule has 4 aromatic rings. The predicted octanol–water partition coefficient (Wildman–Crippen LogP) is 5.27. The van der Waals surface area contributed by atoms with Gasteiger partial charge in [0.05, 0.1) is 10.7 Å². The van der Waals surface area contributed by atoms with Crippen LogP contribution in [0.25, 0.3) is 22.2 Å². The Bertz CT molecular complexity index is 1120. The number of nitrogens with one attached hydrogen (secondary N) is 2. The first kappa shape index (κ1) is 16.3. The Morgan fingerprint density at radius 3 is 2.81 bits per heavy atom. The average Bonchev–Trinajstić information content (AvgIpc) is 3.10. The van der Waals surface area contributed by atoms with Gasteiger partial charge in [-0.05, 0) is 54.6 Å². The summed E-state index contributed by atoms with van der Waals surface area (Å²) in [6, 6.07) is 15.0. The maximum atomic E-state index is 14.5. The minimum atomic E-state index is -0.556. The Kier molecular flexibility index (Phi) is 4.14. The summed E-state index contributed by atoms with van der Waals surface area (Å²) < 4.78 is 14.5. The normalized spacial score (nSPS) is 10.8. The van der Waals surface area contributed by atoms with Crippen LogP contribution in [0.1, 0.15) is 10.4 Å². The summed E-state index contributed by atoms with van der Waals surface area (Å²) in [5.74, 6) is -0.947. The van der Waals surface area contributed by atoms with Crippen LogP contribution in [-0.4, -0.2) is 15.9 Å². The summed E-state index contributed by atoms with van der Waals surface area (Å²) in [5, 5.41) is 4.11. The molecule has 0 saturated heterocycles. The molecule has 6 heteroatoms. The SMILES string of the molecule is O=C(Nc1ccc2[nH]ccc2c1)c1ccc(-c2ncccc2Cl)c(F)c1. The third-order valence-corrected chi connectivity index (χ3v) is 4.36. The van der Waals surface area contributed by atoms with Gasteiger partial charge in [-0.25, -0.2) is 4.39 Å². The fourth-order valence-electron chi connectivity index (χ4n) is 2.77. The number of benzene rings is 2. The van der Waals surface area contributed by atoms with Gasteiger partial charge < -0.3 is 10.3 Å². The van der Waals surface area contributed by atoms with Crippen LogP contribution in [-0.2, 0) is 0 Å². The number of carbonyl (C=O) groups excluding carboxylic acids is 1. The molecule has 0 saturated carbocycles. The van der Waals surface area contributed by atoms with E-state index in [0.29, 0.717) is 16.4 Å². The van der Waals surface area contributed by atoms with Crippen molar-refractivity contribution in [3.05, 3.63) is 83.4 Å². The number of pyridine rings is 1. The molecule has 2 aromatic heterocycles. The minimum Gasteiger partial charge on any atom is -0.361 e. The van der Waals surface area contributed by atoms with Crippen molar-refractivity contribution in [1.29, 1.82) is 0 Å². The molecule has 0 aliphatic heterocycles. The number of aromatic nitrogens is 2. The molecule has 4 rings (SSSR count). The van der Waals surface area contributed by atoms with Crippen molar-refractivity contribution in [3.63, 3.8) is 0 Å². The monoisotopic (exact) mass is 365 g/mol. The molecule has 0 fully saturated rings. The van der Waals surface area contributed by atoms with Crippen LogP contribution in [0.3, 0.4) is 0 Å².